The van der Waals surface area contributed by atoms with Crippen LogP contribution < -0.4 is 10.6 Å². The van der Waals surface area contributed by atoms with E-state index in [9.17, 15) is 4.39 Å². The summed E-state index contributed by atoms with van der Waals surface area (Å²) in [7, 11) is 0. The Bertz CT molecular complexity index is 796. The van der Waals surface area contributed by atoms with Crippen molar-refractivity contribution in [2.75, 3.05) is 39.4 Å². The maximum Gasteiger partial charge on any atom is 0.191 e. The number of rotatable bonds is 7. The van der Waals surface area contributed by atoms with Crippen LogP contribution in [0.15, 0.2) is 29.4 Å². The number of fused-ring (bicyclic) bond motifs is 1. The molecule has 6 nitrogen and oxygen atoms in total. The normalized spacial score (nSPS) is 19.0. The van der Waals surface area contributed by atoms with Crippen LogP contribution >= 0.6 is 24.0 Å². The Hall–Kier alpha value is -1.39. The van der Waals surface area contributed by atoms with E-state index in [4.69, 9.17) is 9.73 Å². The molecule has 0 radical (unpaired) electrons. The fraction of sp³-hybridized carbons (Fsp3) is 0.571. The molecule has 1 saturated heterocycles. The van der Waals surface area contributed by atoms with Crippen LogP contribution in [0.4, 0.5) is 4.39 Å². The Morgan fingerprint density at radius 3 is 3.00 bits per heavy atom. The minimum absolute atomic E-state index is 0. The molecule has 1 aliphatic rings. The van der Waals surface area contributed by atoms with Gasteiger partial charge in [0.1, 0.15) is 5.82 Å². The van der Waals surface area contributed by atoms with Crippen LogP contribution in [0.2, 0.25) is 0 Å². The number of nitrogens with one attached hydrogen (secondary N) is 3. The smallest absolute Gasteiger partial charge is 0.191 e. The molecule has 0 bridgehead atoms. The number of aromatic amines is 1. The lowest BCUT2D eigenvalue weighted by Gasteiger charge is -2.37. The molecule has 2 aromatic rings. The predicted octanol–water partition coefficient (Wildman–Crippen LogP) is 3.13. The Morgan fingerprint density at radius 2 is 2.24 bits per heavy atom. The van der Waals surface area contributed by atoms with Crippen LogP contribution in [0.25, 0.3) is 10.9 Å². The van der Waals surface area contributed by atoms with Crippen molar-refractivity contribution >= 4 is 40.8 Å². The summed E-state index contributed by atoms with van der Waals surface area (Å²) in [5.74, 6) is 0.615. The zero-order chi connectivity index (χ0) is 19.9. The molecule has 1 aromatic carbocycles. The second-order valence-electron chi connectivity index (χ2n) is 7.41. The topological polar surface area (TPSA) is 64.7 Å². The van der Waals surface area contributed by atoms with E-state index >= 15 is 0 Å². The van der Waals surface area contributed by atoms with Crippen LogP contribution in [0.1, 0.15) is 26.3 Å². The highest BCUT2D eigenvalue weighted by molar-refractivity contribution is 14.0. The maximum absolute atomic E-state index is 13.5. The molecule has 1 fully saturated rings. The van der Waals surface area contributed by atoms with Crippen molar-refractivity contribution in [1.82, 2.24) is 20.5 Å². The number of morpholine rings is 1. The molecule has 1 aromatic heterocycles. The minimum Gasteiger partial charge on any atom is -0.379 e. The summed E-state index contributed by atoms with van der Waals surface area (Å²) >= 11 is 0. The summed E-state index contributed by atoms with van der Waals surface area (Å²) in [5, 5.41) is 7.65. The molecule has 8 heteroatoms. The third-order valence-electron chi connectivity index (χ3n) is 5.26. The summed E-state index contributed by atoms with van der Waals surface area (Å²) in [6.45, 7) is 11.3. The van der Waals surface area contributed by atoms with Gasteiger partial charge in [-0.3, -0.25) is 9.89 Å². The number of ether oxygens (including phenoxy) is 1. The summed E-state index contributed by atoms with van der Waals surface area (Å²) in [4.78, 5) is 10.4. The highest BCUT2D eigenvalue weighted by Crippen LogP contribution is 2.19. The first-order valence-electron chi connectivity index (χ1n) is 10.2. The molecule has 3 N–H and O–H groups in total. The van der Waals surface area contributed by atoms with Crippen LogP contribution in [-0.2, 0) is 11.2 Å². The molecule has 1 aliphatic heterocycles. The van der Waals surface area contributed by atoms with Crippen LogP contribution in [-0.4, -0.2) is 67.3 Å². The molecular formula is C21H33FIN5O. The van der Waals surface area contributed by atoms with Crippen molar-refractivity contribution in [2.24, 2.45) is 4.99 Å². The Morgan fingerprint density at radius 1 is 1.41 bits per heavy atom. The number of aromatic nitrogens is 1. The highest BCUT2D eigenvalue weighted by Gasteiger charge is 2.23. The average molecular weight is 517 g/mol. The minimum atomic E-state index is -0.206. The lowest BCUT2D eigenvalue weighted by molar-refractivity contribution is -0.0165. The number of aliphatic imine (C=N–C) groups is 1. The molecular weight excluding hydrogens is 484 g/mol. The monoisotopic (exact) mass is 517 g/mol. The van der Waals surface area contributed by atoms with E-state index < -0.39 is 0 Å². The van der Waals surface area contributed by atoms with Gasteiger partial charge in [0, 0.05) is 48.8 Å². The van der Waals surface area contributed by atoms with Gasteiger partial charge < -0.3 is 20.4 Å². The molecule has 29 heavy (non-hydrogen) atoms. The van der Waals surface area contributed by atoms with Gasteiger partial charge >= 0.3 is 0 Å². The van der Waals surface area contributed by atoms with E-state index in [0.717, 1.165) is 68.2 Å². The number of hydrogen-bond donors (Lipinski definition) is 3. The van der Waals surface area contributed by atoms with Gasteiger partial charge in [-0.1, -0.05) is 0 Å². The van der Waals surface area contributed by atoms with Crippen molar-refractivity contribution in [3.8, 4) is 0 Å². The Labute approximate surface area is 189 Å². The van der Waals surface area contributed by atoms with Crippen molar-refractivity contribution in [3.05, 3.63) is 35.8 Å². The van der Waals surface area contributed by atoms with Gasteiger partial charge in [0.25, 0.3) is 0 Å². The Balaban J connectivity index is 0.00000300. The molecule has 162 valence electrons. The van der Waals surface area contributed by atoms with Crippen molar-refractivity contribution < 1.29 is 9.13 Å². The number of hydrogen-bond acceptors (Lipinski definition) is 3. The second kappa shape index (κ2) is 11.7. The fourth-order valence-corrected chi connectivity index (χ4v) is 3.74. The molecule has 0 spiro atoms. The number of H-pyrrole nitrogens is 1. The van der Waals surface area contributed by atoms with Gasteiger partial charge in [-0.25, -0.2) is 4.39 Å². The largest absolute Gasteiger partial charge is 0.379 e. The number of halogens is 2. The van der Waals surface area contributed by atoms with Crippen LogP contribution in [0, 0.1) is 5.82 Å². The van der Waals surface area contributed by atoms with Gasteiger partial charge in [0.2, 0.25) is 0 Å². The van der Waals surface area contributed by atoms with Gasteiger partial charge in [-0.2, -0.15) is 0 Å². The average Bonchev–Trinajstić information content (AvgIpc) is 3.08. The second-order valence-corrected chi connectivity index (χ2v) is 7.41. The molecule has 2 unspecified atom stereocenters. The zero-order valence-corrected chi connectivity index (χ0v) is 19.8. The van der Waals surface area contributed by atoms with E-state index in [1.165, 1.54) is 6.07 Å². The zero-order valence-electron chi connectivity index (χ0n) is 17.5. The Kier molecular flexibility index (Phi) is 9.64. The first-order chi connectivity index (χ1) is 13.6. The lowest BCUT2D eigenvalue weighted by atomic mass is 10.1. The summed E-state index contributed by atoms with van der Waals surface area (Å²) in [5.41, 5.74) is 2.07. The first kappa shape index (κ1) is 23.9. The highest BCUT2D eigenvalue weighted by atomic mass is 127. The van der Waals surface area contributed by atoms with E-state index in [1.54, 1.807) is 12.1 Å². The number of nitrogens with zero attached hydrogens (tertiary/aromatic N) is 2. The summed E-state index contributed by atoms with van der Waals surface area (Å²) < 4.78 is 19.1. The van der Waals surface area contributed by atoms with E-state index in [0.29, 0.717) is 12.1 Å². The summed E-state index contributed by atoms with van der Waals surface area (Å²) in [6, 6.07) is 5.64. The van der Waals surface area contributed by atoms with E-state index in [2.05, 4.69) is 41.3 Å². The fourth-order valence-electron chi connectivity index (χ4n) is 3.74. The predicted molar refractivity (Wildman–Crippen MR) is 128 cm³/mol. The molecule has 2 atom stereocenters. The van der Waals surface area contributed by atoms with Crippen LogP contribution in [0.5, 0.6) is 0 Å². The van der Waals surface area contributed by atoms with Gasteiger partial charge in [-0.15, -0.1) is 24.0 Å². The van der Waals surface area contributed by atoms with E-state index in [1.807, 2.05) is 6.20 Å². The number of guanidine groups is 1. The van der Waals surface area contributed by atoms with Crippen molar-refractivity contribution in [3.63, 3.8) is 0 Å². The number of benzene rings is 1. The van der Waals surface area contributed by atoms with Crippen molar-refractivity contribution in [2.45, 2.75) is 39.3 Å². The van der Waals surface area contributed by atoms with Crippen molar-refractivity contribution in [1.29, 1.82) is 0 Å². The quantitative estimate of drug-likeness (QED) is 0.300. The third kappa shape index (κ3) is 6.55. The molecule has 0 aliphatic carbocycles. The first-order valence-corrected chi connectivity index (χ1v) is 10.2. The van der Waals surface area contributed by atoms with Gasteiger partial charge in [0.15, 0.2) is 5.96 Å². The van der Waals surface area contributed by atoms with Gasteiger partial charge in [-0.05, 0) is 51.0 Å². The van der Waals surface area contributed by atoms with Crippen LogP contribution in [0.3, 0.4) is 0 Å². The lowest BCUT2D eigenvalue weighted by Crippen LogP contribution is -2.49. The maximum atomic E-state index is 13.5. The third-order valence-corrected chi connectivity index (χ3v) is 5.26. The summed E-state index contributed by atoms with van der Waals surface area (Å²) in [6.07, 6.45) is 2.75. The molecule has 0 amide bonds. The SMILES string of the molecule is CCNC(=NCC(C)N1CCOCC1C)NCCc1c[nH]c2ccc(F)cc12.I. The molecule has 3 rings (SSSR count). The molecule has 0 saturated carbocycles. The molecule has 2 heterocycles. The standard InChI is InChI=1S/C21H32FN5O.HI/c1-4-23-21(26-12-15(2)27-9-10-28-14-16(27)3)24-8-7-17-13-25-20-6-5-18(22)11-19(17)20;/h5-6,11,13,15-16,25H,4,7-10,12,14H2,1-3H3,(H2,23,24,26);1H. The van der Waals surface area contributed by atoms with E-state index in [-0.39, 0.29) is 29.8 Å². The van der Waals surface area contributed by atoms with Gasteiger partial charge in [0.05, 0.1) is 19.8 Å².